The number of aliphatic hydroxyl groups is 1. The van der Waals surface area contributed by atoms with Crippen LogP contribution in [0.2, 0.25) is 0 Å². The molecule has 1 aromatic rings. The summed E-state index contributed by atoms with van der Waals surface area (Å²) in [7, 11) is 0. The number of nitrogens with zero attached hydrogens (tertiary/aromatic N) is 3. The number of aryl methyl sites for hydroxylation is 2. The van der Waals surface area contributed by atoms with Gasteiger partial charge in [0.05, 0.1) is 26.2 Å². The molecule has 1 aromatic heterocycles. The average molecular weight is 364 g/mol. The van der Waals surface area contributed by atoms with Gasteiger partial charge in [-0.05, 0) is 39.8 Å². The third-order valence-electron chi connectivity index (χ3n) is 5.10. The predicted octanol–water partition coefficient (Wildman–Crippen LogP) is -0.385. The van der Waals surface area contributed by atoms with Crippen molar-refractivity contribution in [3.05, 3.63) is 27.4 Å². The van der Waals surface area contributed by atoms with E-state index in [2.05, 4.69) is 14.9 Å². The molecule has 2 saturated heterocycles. The van der Waals surface area contributed by atoms with E-state index >= 15 is 0 Å². The summed E-state index contributed by atoms with van der Waals surface area (Å²) in [4.78, 5) is 35.7. The number of β-amino-alcohol motifs (C(OH)–C–C–N with tert-alkyl or cyclic N) is 1. The highest BCUT2D eigenvalue weighted by Crippen LogP contribution is 2.18. The van der Waals surface area contributed by atoms with Gasteiger partial charge in [-0.3, -0.25) is 9.59 Å². The van der Waals surface area contributed by atoms with Crippen LogP contribution in [0.1, 0.15) is 29.9 Å². The summed E-state index contributed by atoms with van der Waals surface area (Å²) in [6.07, 6.45) is 2.26. The van der Waals surface area contributed by atoms with Crippen molar-refractivity contribution in [2.75, 3.05) is 45.9 Å². The smallest absolute Gasteiger partial charge is 0.254 e. The molecule has 3 heterocycles. The first-order valence-electron chi connectivity index (χ1n) is 9.23. The highest BCUT2D eigenvalue weighted by Gasteiger charge is 2.36. The number of hydrogen-bond acceptors (Lipinski definition) is 6. The number of aromatic amines is 1. The number of amides is 1. The number of aromatic nitrogens is 2. The van der Waals surface area contributed by atoms with E-state index in [1.165, 1.54) is 0 Å². The largest absolute Gasteiger partial charge is 0.384 e. The SMILES string of the molecule is Cc1nc(C)c(CC(=O)N2CCOC[C@@](O)(CN3CCCC3)C2)c(=O)[nH]1. The van der Waals surface area contributed by atoms with E-state index in [9.17, 15) is 14.7 Å². The van der Waals surface area contributed by atoms with Crippen LogP contribution in [0.5, 0.6) is 0 Å². The van der Waals surface area contributed by atoms with E-state index in [1.54, 1.807) is 18.7 Å². The van der Waals surface area contributed by atoms with E-state index in [1.807, 2.05) is 0 Å². The monoisotopic (exact) mass is 364 g/mol. The van der Waals surface area contributed by atoms with Crippen molar-refractivity contribution in [1.29, 1.82) is 0 Å². The number of carbonyl (C=O) groups is 1. The lowest BCUT2D eigenvalue weighted by Crippen LogP contribution is -2.53. The molecular weight excluding hydrogens is 336 g/mol. The fraction of sp³-hybridized carbons (Fsp3) is 0.722. The Labute approximate surface area is 153 Å². The predicted molar refractivity (Wildman–Crippen MR) is 96.1 cm³/mol. The topological polar surface area (TPSA) is 98.8 Å². The molecule has 1 atom stereocenters. The van der Waals surface area contributed by atoms with E-state index < -0.39 is 5.60 Å². The zero-order valence-electron chi connectivity index (χ0n) is 15.6. The maximum absolute atomic E-state index is 12.8. The summed E-state index contributed by atoms with van der Waals surface area (Å²) >= 11 is 0. The first kappa shape index (κ1) is 19.0. The summed E-state index contributed by atoms with van der Waals surface area (Å²) in [5.74, 6) is 0.349. The summed E-state index contributed by atoms with van der Waals surface area (Å²) in [5, 5.41) is 11.0. The Balaban J connectivity index is 1.70. The number of carbonyl (C=O) groups excluding carboxylic acids is 1. The average Bonchev–Trinajstić information content (AvgIpc) is 2.98. The molecule has 0 saturated carbocycles. The van der Waals surface area contributed by atoms with Crippen LogP contribution in [0.25, 0.3) is 0 Å². The second-order valence-corrected chi connectivity index (χ2v) is 7.47. The second-order valence-electron chi connectivity index (χ2n) is 7.47. The van der Waals surface area contributed by atoms with E-state index in [0.29, 0.717) is 36.8 Å². The molecule has 0 spiro atoms. The van der Waals surface area contributed by atoms with Crippen molar-refractivity contribution in [1.82, 2.24) is 19.8 Å². The van der Waals surface area contributed by atoms with Gasteiger partial charge in [0.15, 0.2) is 0 Å². The van der Waals surface area contributed by atoms with Gasteiger partial charge in [-0.15, -0.1) is 0 Å². The minimum Gasteiger partial charge on any atom is -0.384 e. The molecule has 2 N–H and O–H groups in total. The molecule has 0 bridgehead atoms. The van der Waals surface area contributed by atoms with Crippen LogP contribution in [-0.4, -0.2) is 82.3 Å². The molecule has 26 heavy (non-hydrogen) atoms. The number of nitrogens with one attached hydrogen (secondary N) is 1. The van der Waals surface area contributed by atoms with Crippen LogP contribution < -0.4 is 5.56 Å². The third-order valence-corrected chi connectivity index (χ3v) is 5.10. The molecule has 8 nitrogen and oxygen atoms in total. The number of hydrogen-bond donors (Lipinski definition) is 2. The van der Waals surface area contributed by atoms with Crippen molar-refractivity contribution >= 4 is 5.91 Å². The molecule has 8 heteroatoms. The summed E-state index contributed by atoms with van der Waals surface area (Å²) in [5.41, 5.74) is -0.405. The van der Waals surface area contributed by atoms with Crippen molar-refractivity contribution in [3.63, 3.8) is 0 Å². The number of rotatable bonds is 4. The third kappa shape index (κ3) is 4.49. The van der Waals surface area contributed by atoms with Crippen LogP contribution in [0.4, 0.5) is 0 Å². The highest BCUT2D eigenvalue weighted by atomic mass is 16.5. The molecule has 0 aromatic carbocycles. The lowest BCUT2D eigenvalue weighted by molar-refractivity contribution is -0.133. The molecule has 0 radical (unpaired) electrons. The molecule has 2 fully saturated rings. The molecular formula is C18H28N4O4. The summed E-state index contributed by atoms with van der Waals surface area (Å²) < 4.78 is 5.56. The zero-order chi connectivity index (χ0) is 18.7. The fourth-order valence-electron chi connectivity index (χ4n) is 3.80. The maximum Gasteiger partial charge on any atom is 0.254 e. The van der Waals surface area contributed by atoms with E-state index in [-0.39, 0.29) is 31.0 Å². The van der Waals surface area contributed by atoms with E-state index in [0.717, 1.165) is 25.9 Å². The van der Waals surface area contributed by atoms with Crippen molar-refractivity contribution in [3.8, 4) is 0 Å². The van der Waals surface area contributed by atoms with Gasteiger partial charge in [0.25, 0.3) is 5.56 Å². The molecule has 0 aliphatic carbocycles. The second kappa shape index (κ2) is 7.85. The number of ether oxygens (including phenoxy) is 1. The van der Waals surface area contributed by atoms with Gasteiger partial charge in [0.2, 0.25) is 5.91 Å². The first-order chi connectivity index (χ1) is 12.4. The first-order valence-corrected chi connectivity index (χ1v) is 9.23. The van der Waals surface area contributed by atoms with Crippen LogP contribution in [0.3, 0.4) is 0 Å². The van der Waals surface area contributed by atoms with Crippen LogP contribution in [0.15, 0.2) is 4.79 Å². The highest BCUT2D eigenvalue weighted by molar-refractivity contribution is 5.79. The molecule has 2 aliphatic heterocycles. The summed E-state index contributed by atoms with van der Waals surface area (Å²) in [6, 6.07) is 0. The molecule has 144 valence electrons. The lowest BCUT2D eigenvalue weighted by Gasteiger charge is -2.34. The normalized spacial score (nSPS) is 24.7. The maximum atomic E-state index is 12.8. The van der Waals surface area contributed by atoms with Crippen LogP contribution in [-0.2, 0) is 16.0 Å². The Morgan fingerprint density at radius 1 is 1.31 bits per heavy atom. The van der Waals surface area contributed by atoms with Crippen molar-refractivity contribution in [2.24, 2.45) is 0 Å². The molecule has 1 amide bonds. The fourth-order valence-corrected chi connectivity index (χ4v) is 3.80. The quantitative estimate of drug-likeness (QED) is 0.755. The van der Waals surface area contributed by atoms with Gasteiger partial charge >= 0.3 is 0 Å². The minimum absolute atomic E-state index is 0.0196. The number of likely N-dealkylation sites (tertiary alicyclic amines) is 1. The van der Waals surface area contributed by atoms with Gasteiger partial charge < -0.3 is 24.6 Å². The standard InChI is InChI=1S/C18H28N4O4/c1-13-15(17(24)20-14(2)19-13)9-16(23)22-7-8-26-12-18(25,11-22)10-21-5-3-4-6-21/h25H,3-12H2,1-2H3,(H,19,20,24)/t18-/m1/s1. The Morgan fingerprint density at radius 3 is 2.73 bits per heavy atom. The van der Waals surface area contributed by atoms with Gasteiger partial charge in [-0.2, -0.15) is 0 Å². The van der Waals surface area contributed by atoms with Crippen molar-refractivity contribution in [2.45, 2.75) is 38.7 Å². The van der Waals surface area contributed by atoms with Crippen LogP contribution >= 0.6 is 0 Å². The lowest BCUT2D eigenvalue weighted by atomic mass is 10.0. The van der Waals surface area contributed by atoms with Crippen LogP contribution in [0, 0.1) is 13.8 Å². The van der Waals surface area contributed by atoms with Gasteiger partial charge in [0.1, 0.15) is 11.4 Å². The Bertz CT molecular complexity index is 714. The minimum atomic E-state index is -1.08. The summed E-state index contributed by atoms with van der Waals surface area (Å²) in [6.45, 7) is 7.14. The number of H-pyrrole nitrogens is 1. The molecule has 2 aliphatic rings. The van der Waals surface area contributed by atoms with E-state index in [4.69, 9.17) is 4.74 Å². The molecule has 0 unspecified atom stereocenters. The molecule has 3 rings (SSSR count). The van der Waals surface area contributed by atoms with Gasteiger partial charge in [0, 0.05) is 24.3 Å². The van der Waals surface area contributed by atoms with Crippen molar-refractivity contribution < 1.29 is 14.6 Å². The Morgan fingerprint density at radius 2 is 2.04 bits per heavy atom. The zero-order valence-corrected chi connectivity index (χ0v) is 15.6. The Hall–Kier alpha value is -1.77. The van der Waals surface area contributed by atoms with Gasteiger partial charge in [-0.25, -0.2) is 4.98 Å². The van der Waals surface area contributed by atoms with Gasteiger partial charge in [-0.1, -0.05) is 0 Å². The Kier molecular flexibility index (Phi) is 5.74.